The molecule has 0 radical (unpaired) electrons. The molecule has 0 aromatic carbocycles. The van der Waals surface area contributed by atoms with Gasteiger partial charge in [0.15, 0.2) is 0 Å². The molecule has 1 N–H and O–H groups in total. The quantitative estimate of drug-likeness (QED) is 0.898. The van der Waals surface area contributed by atoms with E-state index < -0.39 is 0 Å². The topological polar surface area (TPSA) is 28.2 Å². The number of rotatable bonds is 5. The SMILES string of the molecule is CCNC(c1cccnc1)C1(N2CCCCC2)CCCC1. The van der Waals surface area contributed by atoms with Crippen LogP contribution in [0, 0.1) is 0 Å². The van der Waals surface area contributed by atoms with Gasteiger partial charge in [0.1, 0.15) is 0 Å². The van der Waals surface area contributed by atoms with Gasteiger partial charge in [-0.3, -0.25) is 9.88 Å². The minimum atomic E-state index is 0.319. The average Bonchev–Trinajstić information content (AvgIpc) is 3.05. The van der Waals surface area contributed by atoms with Crippen molar-refractivity contribution in [3.8, 4) is 0 Å². The van der Waals surface area contributed by atoms with Gasteiger partial charge < -0.3 is 5.32 Å². The van der Waals surface area contributed by atoms with Crippen LogP contribution in [0.1, 0.15) is 63.5 Å². The van der Waals surface area contributed by atoms with E-state index in [1.165, 1.54) is 63.6 Å². The van der Waals surface area contributed by atoms with E-state index in [9.17, 15) is 0 Å². The normalized spacial score (nSPS) is 24.0. The third kappa shape index (κ3) is 3.00. The lowest BCUT2D eigenvalue weighted by atomic mass is 9.81. The third-order valence-corrected chi connectivity index (χ3v) is 5.42. The number of nitrogens with one attached hydrogen (secondary N) is 1. The molecule has 0 spiro atoms. The second kappa shape index (κ2) is 6.89. The second-order valence-electron chi connectivity index (χ2n) is 6.64. The zero-order valence-electron chi connectivity index (χ0n) is 13.4. The Hall–Kier alpha value is -0.930. The fourth-order valence-corrected chi connectivity index (χ4v) is 4.48. The van der Waals surface area contributed by atoms with Gasteiger partial charge in [-0.2, -0.15) is 0 Å². The van der Waals surface area contributed by atoms with Gasteiger partial charge in [0.25, 0.3) is 0 Å². The molecule has 1 atom stereocenters. The highest BCUT2D eigenvalue weighted by molar-refractivity contribution is 5.21. The van der Waals surface area contributed by atoms with E-state index in [-0.39, 0.29) is 0 Å². The molecule has 2 aliphatic rings. The van der Waals surface area contributed by atoms with Crippen LogP contribution in [0.5, 0.6) is 0 Å². The highest BCUT2D eigenvalue weighted by atomic mass is 15.2. The van der Waals surface area contributed by atoms with Crippen LogP contribution in [0.4, 0.5) is 0 Å². The summed E-state index contributed by atoms with van der Waals surface area (Å²) in [5.41, 5.74) is 1.69. The molecule has 0 bridgehead atoms. The molecule has 1 saturated heterocycles. The van der Waals surface area contributed by atoms with E-state index >= 15 is 0 Å². The van der Waals surface area contributed by atoms with E-state index in [2.05, 4.69) is 40.5 Å². The van der Waals surface area contributed by atoms with E-state index in [0.717, 1.165) is 6.54 Å². The fourth-order valence-electron chi connectivity index (χ4n) is 4.48. The van der Waals surface area contributed by atoms with Gasteiger partial charge in [-0.15, -0.1) is 0 Å². The van der Waals surface area contributed by atoms with Crippen molar-refractivity contribution in [1.82, 2.24) is 15.2 Å². The molecule has 116 valence electrons. The first-order valence-corrected chi connectivity index (χ1v) is 8.75. The van der Waals surface area contributed by atoms with Gasteiger partial charge in [-0.25, -0.2) is 0 Å². The molecule has 3 heteroatoms. The van der Waals surface area contributed by atoms with Crippen molar-refractivity contribution >= 4 is 0 Å². The van der Waals surface area contributed by atoms with Crippen molar-refractivity contribution in [3.63, 3.8) is 0 Å². The Balaban J connectivity index is 1.92. The second-order valence-corrected chi connectivity index (χ2v) is 6.64. The summed E-state index contributed by atoms with van der Waals surface area (Å²) in [5, 5.41) is 3.80. The average molecular weight is 287 g/mol. The number of hydrogen-bond acceptors (Lipinski definition) is 3. The molecular formula is C18H29N3. The lowest BCUT2D eigenvalue weighted by Gasteiger charge is -2.49. The van der Waals surface area contributed by atoms with Crippen molar-refractivity contribution in [1.29, 1.82) is 0 Å². The smallest absolute Gasteiger partial charge is 0.0522 e. The van der Waals surface area contributed by atoms with Gasteiger partial charge >= 0.3 is 0 Å². The number of pyridine rings is 1. The summed E-state index contributed by atoms with van der Waals surface area (Å²) in [6.07, 6.45) is 13.5. The molecule has 1 aromatic rings. The molecule has 1 aliphatic heterocycles. The van der Waals surface area contributed by atoms with Crippen LogP contribution in [0.15, 0.2) is 24.5 Å². The Kier molecular flexibility index (Phi) is 4.91. The molecule has 1 unspecified atom stereocenters. The van der Waals surface area contributed by atoms with E-state index in [1.807, 2.05) is 6.20 Å². The van der Waals surface area contributed by atoms with E-state index in [1.54, 1.807) is 0 Å². The van der Waals surface area contributed by atoms with Gasteiger partial charge in [0.05, 0.1) is 6.04 Å². The zero-order chi connectivity index (χ0) is 14.5. The maximum atomic E-state index is 4.38. The number of likely N-dealkylation sites (N-methyl/N-ethyl adjacent to an activating group) is 1. The van der Waals surface area contributed by atoms with Gasteiger partial charge in [0, 0.05) is 17.9 Å². The zero-order valence-corrected chi connectivity index (χ0v) is 13.4. The number of likely N-dealkylation sites (tertiary alicyclic amines) is 1. The maximum absolute atomic E-state index is 4.38. The Morgan fingerprint density at radius 2 is 1.95 bits per heavy atom. The summed E-state index contributed by atoms with van der Waals surface area (Å²) in [6, 6.07) is 4.76. The monoisotopic (exact) mass is 287 g/mol. The largest absolute Gasteiger partial charge is 0.309 e. The van der Waals surface area contributed by atoms with Crippen LogP contribution >= 0.6 is 0 Å². The Morgan fingerprint density at radius 1 is 1.19 bits per heavy atom. The van der Waals surface area contributed by atoms with Crippen LogP contribution in [0.2, 0.25) is 0 Å². The van der Waals surface area contributed by atoms with Gasteiger partial charge in [-0.05, 0) is 56.9 Å². The molecule has 3 nitrogen and oxygen atoms in total. The van der Waals surface area contributed by atoms with Crippen molar-refractivity contribution in [2.45, 2.75) is 63.5 Å². The predicted octanol–water partition coefficient (Wildman–Crippen LogP) is 3.53. The first-order valence-electron chi connectivity index (χ1n) is 8.75. The summed E-state index contributed by atoms with van der Waals surface area (Å²) in [6.45, 7) is 5.81. The van der Waals surface area contributed by atoms with Crippen LogP contribution in [-0.4, -0.2) is 35.1 Å². The first-order chi connectivity index (χ1) is 10.4. The van der Waals surface area contributed by atoms with Crippen LogP contribution in [0.25, 0.3) is 0 Å². The Bertz CT molecular complexity index is 419. The highest BCUT2D eigenvalue weighted by Crippen LogP contribution is 2.45. The molecule has 1 aliphatic carbocycles. The third-order valence-electron chi connectivity index (χ3n) is 5.42. The number of hydrogen-bond donors (Lipinski definition) is 1. The summed E-state index contributed by atoms with van der Waals surface area (Å²) < 4.78 is 0. The van der Waals surface area contributed by atoms with Gasteiger partial charge in [0.2, 0.25) is 0 Å². The van der Waals surface area contributed by atoms with Crippen molar-refractivity contribution in [3.05, 3.63) is 30.1 Å². The van der Waals surface area contributed by atoms with Crippen LogP contribution < -0.4 is 5.32 Å². The number of nitrogens with zero attached hydrogens (tertiary/aromatic N) is 2. The Morgan fingerprint density at radius 3 is 2.57 bits per heavy atom. The highest BCUT2D eigenvalue weighted by Gasteiger charge is 2.46. The molecule has 2 fully saturated rings. The minimum absolute atomic E-state index is 0.319. The summed E-state index contributed by atoms with van der Waals surface area (Å²) in [5.74, 6) is 0. The molecule has 2 heterocycles. The lowest BCUT2D eigenvalue weighted by molar-refractivity contribution is 0.0364. The van der Waals surface area contributed by atoms with Crippen LogP contribution in [-0.2, 0) is 0 Å². The van der Waals surface area contributed by atoms with Crippen molar-refractivity contribution < 1.29 is 0 Å². The standard InChI is InChI=1S/C18H29N3/c1-2-20-17(16-9-8-12-19-15-16)18(10-4-5-11-18)21-13-6-3-7-14-21/h8-9,12,15,17,20H,2-7,10-11,13-14H2,1H3. The van der Waals surface area contributed by atoms with E-state index in [4.69, 9.17) is 0 Å². The fraction of sp³-hybridized carbons (Fsp3) is 0.722. The molecule has 3 rings (SSSR count). The van der Waals surface area contributed by atoms with Crippen molar-refractivity contribution in [2.75, 3.05) is 19.6 Å². The Labute approximate surface area is 129 Å². The lowest BCUT2D eigenvalue weighted by Crippen LogP contribution is -2.56. The first kappa shape index (κ1) is 15.0. The van der Waals surface area contributed by atoms with Crippen LogP contribution in [0.3, 0.4) is 0 Å². The number of piperidine rings is 1. The molecule has 0 amide bonds. The number of aromatic nitrogens is 1. The molecular weight excluding hydrogens is 258 g/mol. The molecule has 21 heavy (non-hydrogen) atoms. The summed E-state index contributed by atoms with van der Waals surface area (Å²) >= 11 is 0. The van der Waals surface area contributed by atoms with Gasteiger partial charge in [-0.1, -0.05) is 32.3 Å². The summed E-state index contributed by atoms with van der Waals surface area (Å²) in [4.78, 5) is 7.19. The summed E-state index contributed by atoms with van der Waals surface area (Å²) in [7, 11) is 0. The molecule has 1 aromatic heterocycles. The molecule has 1 saturated carbocycles. The van der Waals surface area contributed by atoms with E-state index in [0.29, 0.717) is 11.6 Å². The maximum Gasteiger partial charge on any atom is 0.0522 e. The minimum Gasteiger partial charge on any atom is -0.309 e. The predicted molar refractivity (Wildman–Crippen MR) is 87.3 cm³/mol. The van der Waals surface area contributed by atoms with Crippen molar-refractivity contribution in [2.24, 2.45) is 0 Å².